The second kappa shape index (κ2) is 13.1. The fourth-order valence-electron chi connectivity index (χ4n) is 5.40. The maximum Gasteiger partial charge on any atom is 0.267 e. The Bertz CT molecular complexity index is 1320. The fourth-order valence-corrected chi connectivity index (χ4v) is 6.69. The van der Waals surface area contributed by atoms with Gasteiger partial charge in [0.1, 0.15) is 11.4 Å². The van der Waals surface area contributed by atoms with Crippen LogP contribution in [0.15, 0.2) is 42.5 Å². The van der Waals surface area contributed by atoms with Crippen LogP contribution in [0.25, 0.3) is 10.9 Å². The van der Waals surface area contributed by atoms with Gasteiger partial charge in [-0.1, -0.05) is 45.7 Å². The molecule has 1 aliphatic rings. The molecule has 41 heavy (non-hydrogen) atoms. The van der Waals surface area contributed by atoms with Crippen molar-refractivity contribution in [3.05, 3.63) is 64.8 Å². The summed E-state index contributed by atoms with van der Waals surface area (Å²) in [5.41, 5.74) is 4.23. The van der Waals surface area contributed by atoms with Crippen LogP contribution in [0.2, 0.25) is 18.1 Å². The van der Waals surface area contributed by atoms with Crippen molar-refractivity contribution in [2.24, 2.45) is 5.92 Å². The first-order chi connectivity index (χ1) is 19.4. The van der Waals surface area contributed by atoms with E-state index in [2.05, 4.69) is 74.6 Å². The summed E-state index contributed by atoms with van der Waals surface area (Å²) in [5, 5.41) is 27.7. The van der Waals surface area contributed by atoms with Crippen LogP contribution in [-0.2, 0) is 17.5 Å². The van der Waals surface area contributed by atoms with Crippen molar-refractivity contribution >= 4 is 25.1 Å². The molecule has 1 fully saturated rings. The van der Waals surface area contributed by atoms with E-state index in [0.29, 0.717) is 23.7 Å². The van der Waals surface area contributed by atoms with Gasteiger partial charge >= 0.3 is 0 Å². The Morgan fingerprint density at radius 3 is 2.54 bits per heavy atom. The molecule has 0 spiro atoms. The fraction of sp³-hybridized carbons (Fsp3) is 0.545. The predicted molar refractivity (Wildman–Crippen MR) is 169 cm³/mol. The van der Waals surface area contributed by atoms with Gasteiger partial charge in [0.15, 0.2) is 8.32 Å². The molecule has 0 radical (unpaired) electrons. The molecule has 7 nitrogen and oxygen atoms in total. The maximum atomic E-state index is 12.7. The van der Waals surface area contributed by atoms with E-state index in [0.717, 1.165) is 29.4 Å². The Morgan fingerprint density at radius 2 is 1.85 bits per heavy atom. The number of aromatic nitrogens is 1. The molecule has 5 N–H and O–H groups in total. The van der Waals surface area contributed by atoms with E-state index in [1.807, 2.05) is 18.2 Å². The number of aliphatic hydroxyl groups excluding tert-OH is 1. The molecule has 3 aromatic rings. The molecule has 2 aromatic carbocycles. The highest BCUT2D eigenvalue weighted by Gasteiger charge is 2.39. The lowest BCUT2D eigenvalue weighted by atomic mass is 10.0. The molecule has 1 heterocycles. The average Bonchev–Trinajstić information content (AvgIpc) is 3.59. The number of H-pyrrole nitrogens is 1. The highest BCUT2D eigenvalue weighted by Crippen LogP contribution is 2.40. The number of aliphatic hydroxyl groups is 1. The standard InChI is InChI=1S/C33H49N3O4Si/c1-22(34-20-31(40-41(5,6)33(2,3)4)25-12-14-30(38)27(17-25)21-37)15-24-11-13-28-26(16-24)18-29(36-28)32(39)35-19-23-9-7-8-10-23/h11-14,16-18,22-23,31,34,36-38H,7-10,15,19-21H2,1-6H3,(H,35,39)/t22-,31+/m1/s1. The molecule has 1 amide bonds. The van der Waals surface area contributed by atoms with Crippen LogP contribution in [0.4, 0.5) is 0 Å². The number of carbonyl (C=O) groups excluding carboxylic acids is 1. The highest BCUT2D eigenvalue weighted by molar-refractivity contribution is 6.74. The molecule has 0 unspecified atom stereocenters. The van der Waals surface area contributed by atoms with E-state index in [4.69, 9.17) is 4.43 Å². The monoisotopic (exact) mass is 579 g/mol. The predicted octanol–water partition coefficient (Wildman–Crippen LogP) is 6.57. The first-order valence-corrected chi connectivity index (χ1v) is 18.0. The SMILES string of the molecule is C[C@H](Cc1ccc2[nH]c(C(=O)NCC3CCCC3)cc2c1)NC[C@H](O[Si](C)(C)C(C)(C)C)c1ccc(O)c(CO)c1. The van der Waals surface area contributed by atoms with E-state index in [-0.39, 0.29) is 35.4 Å². The molecule has 8 heteroatoms. The van der Waals surface area contributed by atoms with Crippen LogP contribution in [0.3, 0.4) is 0 Å². The van der Waals surface area contributed by atoms with Crippen LogP contribution in [0.1, 0.15) is 86.7 Å². The highest BCUT2D eigenvalue weighted by atomic mass is 28.4. The van der Waals surface area contributed by atoms with Gasteiger partial charge in [-0.2, -0.15) is 0 Å². The Morgan fingerprint density at radius 1 is 1.12 bits per heavy atom. The third-order valence-corrected chi connectivity index (χ3v) is 13.5. The minimum atomic E-state index is -2.09. The van der Waals surface area contributed by atoms with Crippen molar-refractivity contribution in [1.29, 1.82) is 0 Å². The molecule has 2 atom stereocenters. The van der Waals surface area contributed by atoms with Gasteiger partial charge in [0.05, 0.1) is 12.7 Å². The second-order valence-corrected chi connectivity index (χ2v) is 18.1. The van der Waals surface area contributed by atoms with Crippen LogP contribution < -0.4 is 10.6 Å². The summed E-state index contributed by atoms with van der Waals surface area (Å²) in [6.07, 6.45) is 5.59. The number of amides is 1. The molecule has 1 saturated carbocycles. The van der Waals surface area contributed by atoms with Crippen LogP contribution in [0, 0.1) is 5.92 Å². The van der Waals surface area contributed by atoms with Crippen molar-refractivity contribution < 1.29 is 19.4 Å². The van der Waals surface area contributed by atoms with Crippen molar-refractivity contribution in [2.45, 2.75) is 96.7 Å². The number of nitrogens with one attached hydrogen (secondary N) is 3. The van der Waals surface area contributed by atoms with Gasteiger partial charge in [0.25, 0.3) is 5.91 Å². The summed E-state index contributed by atoms with van der Waals surface area (Å²) in [4.78, 5) is 16.0. The number of fused-ring (bicyclic) bond motifs is 1. The normalized spacial score (nSPS) is 16.3. The smallest absolute Gasteiger partial charge is 0.267 e. The van der Waals surface area contributed by atoms with Gasteiger partial charge in [0.2, 0.25) is 0 Å². The summed E-state index contributed by atoms with van der Waals surface area (Å²) in [6.45, 7) is 14.5. The molecular formula is C33H49N3O4Si. The van der Waals surface area contributed by atoms with Gasteiger partial charge in [-0.25, -0.2) is 0 Å². The zero-order chi connectivity index (χ0) is 29.8. The number of aromatic amines is 1. The molecule has 0 bridgehead atoms. The van der Waals surface area contributed by atoms with Gasteiger partial charge in [0, 0.05) is 35.6 Å². The summed E-state index contributed by atoms with van der Waals surface area (Å²) in [7, 11) is -2.09. The summed E-state index contributed by atoms with van der Waals surface area (Å²) in [6, 6.07) is 13.8. The number of phenols is 1. The molecule has 224 valence electrons. The summed E-state index contributed by atoms with van der Waals surface area (Å²) >= 11 is 0. The number of rotatable bonds is 12. The molecule has 1 aliphatic carbocycles. The Hall–Kier alpha value is -2.65. The summed E-state index contributed by atoms with van der Waals surface area (Å²) in [5.74, 6) is 0.677. The van der Waals surface area contributed by atoms with Crippen molar-refractivity contribution in [2.75, 3.05) is 13.1 Å². The quantitative estimate of drug-likeness (QED) is 0.156. The van der Waals surface area contributed by atoms with Crippen LogP contribution >= 0.6 is 0 Å². The first kappa shape index (κ1) is 31.3. The second-order valence-electron chi connectivity index (χ2n) is 13.4. The summed E-state index contributed by atoms with van der Waals surface area (Å²) < 4.78 is 6.83. The van der Waals surface area contributed by atoms with Gasteiger partial charge < -0.3 is 30.3 Å². The number of aromatic hydroxyl groups is 1. The third-order valence-electron chi connectivity index (χ3n) is 9.04. The van der Waals surface area contributed by atoms with E-state index < -0.39 is 8.32 Å². The molecule has 0 saturated heterocycles. The van der Waals surface area contributed by atoms with Gasteiger partial charge in [-0.3, -0.25) is 4.79 Å². The third kappa shape index (κ3) is 8.01. The van der Waals surface area contributed by atoms with E-state index in [1.54, 1.807) is 6.07 Å². The molecular weight excluding hydrogens is 530 g/mol. The zero-order valence-corrected chi connectivity index (χ0v) is 26.6. The Kier molecular flexibility index (Phi) is 10.0. The lowest BCUT2D eigenvalue weighted by Gasteiger charge is -2.40. The average molecular weight is 580 g/mol. The Labute approximate surface area is 246 Å². The molecule has 1 aromatic heterocycles. The van der Waals surface area contributed by atoms with Crippen molar-refractivity contribution in [3.63, 3.8) is 0 Å². The number of hydrogen-bond donors (Lipinski definition) is 5. The van der Waals surface area contributed by atoms with Crippen molar-refractivity contribution in [3.8, 4) is 5.75 Å². The van der Waals surface area contributed by atoms with Gasteiger partial charge in [-0.05, 0) is 91.7 Å². The Balaban J connectivity index is 1.41. The van der Waals surface area contributed by atoms with Gasteiger partial charge in [-0.15, -0.1) is 0 Å². The van der Waals surface area contributed by atoms with Crippen LogP contribution in [-0.4, -0.2) is 48.6 Å². The molecule has 0 aliphatic heterocycles. The minimum absolute atomic E-state index is 0.0314. The van der Waals surface area contributed by atoms with E-state index in [9.17, 15) is 15.0 Å². The number of carbonyl (C=O) groups is 1. The van der Waals surface area contributed by atoms with Crippen molar-refractivity contribution in [1.82, 2.24) is 15.6 Å². The lowest BCUT2D eigenvalue weighted by molar-refractivity contribution is 0.0943. The largest absolute Gasteiger partial charge is 0.508 e. The maximum absolute atomic E-state index is 12.7. The number of hydrogen-bond acceptors (Lipinski definition) is 5. The van der Waals surface area contributed by atoms with E-state index >= 15 is 0 Å². The first-order valence-electron chi connectivity index (χ1n) is 15.1. The van der Waals surface area contributed by atoms with Crippen LogP contribution in [0.5, 0.6) is 5.75 Å². The topological polar surface area (TPSA) is 107 Å². The molecule has 4 rings (SSSR count). The minimum Gasteiger partial charge on any atom is -0.508 e. The lowest BCUT2D eigenvalue weighted by Crippen LogP contribution is -2.44. The van der Waals surface area contributed by atoms with E-state index in [1.165, 1.54) is 31.2 Å². The zero-order valence-electron chi connectivity index (χ0n) is 25.6. The number of benzene rings is 2.